The van der Waals surface area contributed by atoms with Crippen LogP contribution in [0.4, 0.5) is 4.39 Å². The van der Waals surface area contributed by atoms with E-state index in [9.17, 15) is 4.39 Å². The average molecular weight is 304 g/mol. The summed E-state index contributed by atoms with van der Waals surface area (Å²) in [7, 11) is 0. The molecule has 1 aromatic carbocycles. The quantitative estimate of drug-likeness (QED) is 0.581. The second-order valence-corrected chi connectivity index (χ2v) is 5.22. The first-order chi connectivity index (χ1) is 11.3. The third-order valence-corrected chi connectivity index (χ3v) is 3.68. The SMILES string of the molecule is Fc1ccc(Cc2nc3cccnc3n2-c2ccncc2)cc1. The summed E-state index contributed by atoms with van der Waals surface area (Å²) in [5.74, 6) is 0.620. The fourth-order valence-electron chi connectivity index (χ4n) is 2.63. The summed E-state index contributed by atoms with van der Waals surface area (Å²) in [5.41, 5.74) is 3.59. The molecule has 0 radical (unpaired) electrons. The molecular weight excluding hydrogens is 291 g/mol. The van der Waals surface area contributed by atoms with Crippen molar-refractivity contribution in [2.75, 3.05) is 0 Å². The van der Waals surface area contributed by atoms with Crippen LogP contribution >= 0.6 is 0 Å². The van der Waals surface area contributed by atoms with Gasteiger partial charge in [-0.25, -0.2) is 14.4 Å². The van der Waals surface area contributed by atoms with Crippen molar-refractivity contribution < 1.29 is 4.39 Å². The van der Waals surface area contributed by atoms with Crippen LogP contribution in [-0.4, -0.2) is 19.5 Å². The van der Waals surface area contributed by atoms with E-state index in [-0.39, 0.29) is 5.82 Å². The Labute approximate surface area is 132 Å². The number of imidazole rings is 1. The number of pyridine rings is 2. The average Bonchev–Trinajstić information content (AvgIpc) is 2.95. The lowest BCUT2D eigenvalue weighted by Gasteiger charge is -2.08. The number of benzene rings is 1. The Kier molecular flexibility index (Phi) is 3.31. The highest BCUT2D eigenvalue weighted by Crippen LogP contribution is 2.21. The van der Waals surface area contributed by atoms with Crippen molar-refractivity contribution in [3.63, 3.8) is 0 Å². The first kappa shape index (κ1) is 13.6. The first-order valence-corrected chi connectivity index (χ1v) is 7.28. The Hall–Kier alpha value is -3.08. The van der Waals surface area contributed by atoms with Crippen LogP contribution in [0.15, 0.2) is 67.1 Å². The molecule has 0 aliphatic rings. The van der Waals surface area contributed by atoms with E-state index in [0.29, 0.717) is 6.42 Å². The smallest absolute Gasteiger partial charge is 0.164 e. The Bertz CT molecular complexity index is 946. The molecule has 5 heteroatoms. The number of fused-ring (bicyclic) bond motifs is 1. The zero-order chi connectivity index (χ0) is 15.6. The highest BCUT2D eigenvalue weighted by atomic mass is 19.1. The van der Waals surface area contributed by atoms with Crippen LogP contribution in [0.2, 0.25) is 0 Å². The van der Waals surface area contributed by atoms with E-state index >= 15 is 0 Å². The molecule has 4 nitrogen and oxygen atoms in total. The van der Waals surface area contributed by atoms with Gasteiger partial charge in [-0.2, -0.15) is 0 Å². The number of hydrogen-bond donors (Lipinski definition) is 0. The summed E-state index contributed by atoms with van der Waals surface area (Å²) < 4.78 is 15.1. The molecule has 0 unspecified atom stereocenters. The molecule has 0 aliphatic heterocycles. The third kappa shape index (κ3) is 2.57. The van der Waals surface area contributed by atoms with Crippen LogP contribution < -0.4 is 0 Å². The lowest BCUT2D eigenvalue weighted by Crippen LogP contribution is -2.03. The van der Waals surface area contributed by atoms with Gasteiger partial charge in [-0.1, -0.05) is 12.1 Å². The van der Waals surface area contributed by atoms with Gasteiger partial charge < -0.3 is 0 Å². The minimum atomic E-state index is -0.238. The van der Waals surface area contributed by atoms with Gasteiger partial charge in [0, 0.05) is 25.0 Å². The van der Waals surface area contributed by atoms with Gasteiger partial charge in [0.15, 0.2) is 5.65 Å². The summed E-state index contributed by atoms with van der Waals surface area (Å²) in [6.07, 6.45) is 5.83. The zero-order valence-corrected chi connectivity index (χ0v) is 12.2. The van der Waals surface area contributed by atoms with E-state index in [1.165, 1.54) is 12.1 Å². The standard InChI is InChI=1S/C18H13FN4/c19-14-5-3-13(4-6-14)12-17-22-16-2-1-9-21-18(16)23(17)15-7-10-20-11-8-15/h1-11H,12H2. The number of hydrogen-bond acceptors (Lipinski definition) is 3. The third-order valence-electron chi connectivity index (χ3n) is 3.68. The molecule has 0 amide bonds. The molecule has 0 N–H and O–H groups in total. The van der Waals surface area contributed by atoms with Crippen molar-refractivity contribution in [3.05, 3.63) is 84.3 Å². The van der Waals surface area contributed by atoms with E-state index < -0.39 is 0 Å². The maximum absolute atomic E-state index is 13.1. The molecule has 0 atom stereocenters. The second kappa shape index (κ2) is 5.61. The molecule has 4 aromatic rings. The topological polar surface area (TPSA) is 43.6 Å². The molecule has 0 bridgehead atoms. The van der Waals surface area contributed by atoms with Crippen molar-refractivity contribution >= 4 is 11.2 Å². The Morgan fingerprint density at radius 2 is 1.70 bits per heavy atom. The van der Waals surface area contributed by atoms with Crippen LogP contribution in [0.1, 0.15) is 11.4 Å². The summed E-state index contributed by atoms with van der Waals surface area (Å²) in [5, 5.41) is 0. The van der Waals surface area contributed by atoms with Gasteiger partial charge in [0.05, 0.1) is 5.69 Å². The van der Waals surface area contributed by atoms with Crippen LogP contribution in [0.5, 0.6) is 0 Å². The van der Waals surface area contributed by atoms with E-state index in [1.807, 2.05) is 28.8 Å². The second-order valence-electron chi connectivity index (χ2n) is 5.22. The molecule has 0 fully saturated rings. The molecule has 3 heterocycles. The summed E-state index contributed by atoms with van der Waals surface area (Å²) in [4.78, 5) is 13.2. The molecule has 0 saturated heterocycles. The zero-order valence-electron chi connectivity index (χ0n) is 12.2. The minimum Gasteiger partial charge on any atom is -0.280 e. The van der Waals surface area contributed by atoms with Crippen molar-refractivity contribution in [1.29, 1.82) is 0 Å². The largest absolute Gasteiger partial charge is 0.280 e. The van der Waals surface area contributed by atoms with Crippen molar-refractivity contribution in [2.24, 2.45) is 0 Å². The van der Waals surface area contributed by atoms with E-state index in [0.717, 1.165) is 28.2 Å². The molecule has 4 rings (SSSR count). The minimum absolute atomic E-state index is 0.238. The summed E-state index contributed by atoms with van der Waals surface area (Å²) in [6.45, 7) is 0. The molecule has 23 heavy (non-hydrogen) atoms. The van der Waals surface area contributed by atoms with Crippen LogP contribution in [0, 0.1) is 5.82 Å². The first-order valence-electron chi connectivity index (χ1n) is 7.28. The van der Waals surface area contributed by atoms with Gasteiger partial charge in [0.25, 0.3) is 0 Å². The maximum Gasteiger partial charge on any atom is 0.164 e. The molecule has 0 saturated carbocycles. The van der Waals surface area contributed by atoms with Gasteiger partial charge in [0.2, 0.25) is 0 Å². The van der Waals surface area contributed by atoms with Gasteiger partial charge >= 0.3 is 0 Å². The number of nitrogens with zero attached hydrogens (tertiary/aromatic N) is 4. The van der Waals surface area contributed by atoms with Gasteiger partial charge in [-0.05, 0) is 42.0 Å². The normalized spacial score (nSPS) is 11.0. The lowest BCUT2D eigenvalue weighted by atomic mass is 10.1. The lowest BCUT2D eigenvalue weighted by molar-refractivity contribution is 0.627. The molecule has 3 aromatic heterocycles. The van der Waals surface area contributed by atoms with Crippen molar-refractivity contribution in [2.45, 2.75) is 6.42 Å². The van der Waals surface area contributed by atoms with E-state index in [1.54, 1.807) is 30.7 Å². The number of aromatic nitrogens is 4. The maximum atomic E-state index is 13.1. The van der Waals surface area contributed by atoms with Gasteiger partial charge in [0.1, 0.15) is 17.2 Å². The molecule has 0 aliphatic carbocycles. The number of halogens is 1. The van der Waals surface area contributed by atoms with Crippen LogP contribution in [0.3, 0.4) is 0 Å². The Balaban J connectivity index is 1.87. The highest BCUT2D eigenvalue weighted by Gasteiger charge is 2.13. The highest BCUT2D eigenvalue weighted by molar-refractivity contribution is 5.73. The molecule has 0 spiro atoms. The Morgan fingerprint density at radius 1 is 0.913 bits per heavy atom. The van der Waals surface area contributed by atoms with Gasteiger partial charge in [-0.3, -0.25) is 9.55 Å². The fourth-order valence-corrected chi connectivity index (χ4v) is 2.63. The van der Waals surface area contributed by atoms with Gasteiger partial charge in [-0.15, -0.1) is 0 Å². The van der Waals surface area contributed by atoms with E-state index in [2.05, 4.69) is 9.97 Å². The Morgan fingerprint density at radius 3 is 2.48 bits per heavy atom. The predicted molar refractivity (Wildman–Crippen MR) is 85.9 cm³/mol. The fraction of sp³-hybridized carbons (Fsp3) is 0.0556. The summed E-state index contributed by atoms with van der Waals surface area (Å²) in [6, 6.07) is 14.1. The molecular formula is C18H13FN4. The number of rotatable bonds is 3. The van der Waals surface area contributed by atoms with Crippen molar-refractivity contribution in [3.8, 4) is 5.69 Å². The summed E-state index contributed by atoms with van der Waals surface area (Å²) >= 11 is 0. The van der Waals surface area contributed by atoms with Crippen LogP contribution in [-0.2, 0) is 6.42 Å². The van der Waals surface area contributed by atoms with E-state index in [4.69, 9.17) is 4.98 Å². The molecule has 112 valence electrons. The van der Waals surface area contributed by atoms with Crippen LogP contribution in [0.25, 0.3) is 16.9 Å². The van der Waals surface area contributed by atoms with Crippen molar-refractivity contribution in [1.82, 2.24) is 19.5 Å². The monoisotopic (exact) mass is 304 g/mol. The predicted octanol–water partition coefficient (Wildman–Crippen LogP) is 3.55.